The second kappa shape index (κ2) is 35.0. The first-order valence-electron chi connectivity index (χ1n) is 47.3. The predicted molar refractivity (Wildman–Crippen MR) is 582 cm³/mol. The highest BCUT2D eigenvalue weighted by Crippen LogP contribution is 2.46. The zero-order valence-corrected chi connectivity index (χ0v) is 76.5. The third kappa shape index (κ3) is 14.2. The molecule has 142 heavy (non-hydrogen) atoms. The van der Waals surface area contributed by atoms with E-state index >= 15 is 0 Å². The van der Waals surface area contributed by atoms with Crippen LogP contribution in [0.3, 0.4) is 0 Å². The summed E-state index contributed by atoms with van der Waals surface area (Å²) in [5.41, 5.74) is 34.7. The van der Waals surface area contributed by atoms with Crippen molar-refractivity contribution in [1.29, 1.82) is 26.3 Å². The summed E-state index contributed by atoms with van der Waals surface area (Å²) in [5.74, 6) is 0. The summed E-state index contributed by atoms with van der Waals surface area (Å²) in [6.07, 6.45) is 0. The van der Waals surface area contributed by atoms with Gasteiger partial charge in [-0.15, -0.1) is 0 Å². The Balaban J connectivity index is 0.000000112. The zero-order chi connectivity index (χ0) is 95.0. The quantitative estimate of drug-likeness (QED) is 0.119. The summed E-state index contributed by atoms with van der Waals surface area (Å²) in [4.78, 5) is 0. The first-order chi connectivity index (χ1) is 70.2. The van der Waals surface area contributed by atoms with Crippen LogP contribution in [0.15, 0.2) is 479 Å². The molecule has 0 atom stereocenters. The number of hydrogen-bond acceptors (Lipinski definition) is 5. The van der Waals surface area contributed by atoms with E-state index in [9.17, 15) is 26.3 Å². The maximum absolute atomic E-state index is 10.6. The molecule has 11 heteroatoms. The van der Waals surface area contributed by atoms with Gasteiger partial charge in [-0.3, -0.25) is 0 Å². The van der Waals surface area contributed by atoms with Gasteiger partial charge in [0, 0.05) is 87.4 Å². The van der Waals surface area contributed by atoms with E-state index in [1.54, 1.807) is 0 Å². The summed E-state index contributed by atoms with van der Waals surface area (Å²) < 4.78 is 13.6. The maximum atomic E-state index is 10.6. The van der Waals surface area contributed by atoms with E-state index in [1.165, 1.54) is 54.4 Å². The Hall–Kier alpha value is -20.1. The minimum Gasteiger partial charge on any atom is -0.309 e. The van der Waals surface area contributed by atoms with Gasteiger partial charge in [0.15, 0.2) is 0 Å². The van der Waals surface area contributed by atoms with Crippen molar-refractivity contribution in [1.82, 2.24) is 27.4 Å². The van der Waals surface area contributed by atoms with Gasteiger partial charge in [-0.1, -0.05) is 285 Å². The van der Waals surface area contributed by atoms with Crippen molar-refractivity contribution in [3.05, 3.63) is 507 Å². The van der Waals surface area contributed by atoms with E-state index in [2.05, 4.69) is 422 Å². The van der Waals surface area contributed by atoms with Gasteiger partial charge in [-0.2, -0.15) is 26.3 Å². The number of fused-ring (bicyclic) bond motifs is 18. The minimum atomic E-state index is 0.603. The molecular formula is C131H79N11. The Morgan fingerprint density at radius 1 is 0.134 bits per heavy atom. The summed E-state index contributed by atoms with van der Waals surface area (Å²) in [7, 11) is 0. The fraction of sp³-hybridized carbons (Fsp3) is 0. The Kier molecular flexibility index (Phi) is 20.6. The molecule has 0 amide bonds. The SMILES string of the molecule is N#Cc1cc(-c2cc(-c3ccccc3)cc(-n3c4ccccc4c4ccccc43)c2)ccc1-n1c2ccccc2c2ccccc21.N#Cc1ccc2c(c1)c1ccccc1n2-c1cc(-c2ccc(-n3c4ccccc4c4ccccc43)cc2)cc(-c2ccccc2C#N)c1.N#Cc1ccc2c(c1)c1ccccc1n2-c1cc(-c2ccccc2)cc(-c2ccc(-n3c4ccccc4c4ccccc43)c(C#N)c2)c1. The van der Waals surface area contributed by atoms with E-state index in [0.717, 1.165) is 177 Å². The fourth-order valence-corrected chi connectivity index (χ4v) is 21.5. The molecule has 0 fully saturated rings. The van der Waals surface area contributed by atoms with E-state index in [4.69, 9.17) is 0 Å². The van der Waals surface area contributed by atoms with Crippen molar-refractivity contribution in [2.75, 3.05) is 0 Å². The fourth-order valence-electron chi connectivity index (χ4n) is 21.5. The van der Waals surface area contributed by atoms with Crippen LogP contribution in [-0.2, 0) is 0 Å². The molecule has 0 aliphatic rings. The number of aromatic nitrogens is 6. The van der Waals surface area contributed by atoms with Crippen molar-refractivity contribution in [2.24, 2.45) is 0 Å². The number of nitrogens with zero attached hydrogens (tertiary/aromatic N) is 11. The van der Waals surface area contributed by atoms with Crippen molar-refractivity contribution < 1.29 is 0 Å². The topological polar surface area (TPSA) is 149 Å². The van der Waals surface area contributed by atoms with Crippen LogP contribution in [0.5, 0.6) is 0 Å². The summed E-state index contributed by atoms with van der Waals surface area (Å²) in [5, 5.41) is 64.3. The number of benzene rings is 21. The second-order valence-electron chi connectivity index (χ2n) is 35.8. The maximum Gasteiger partial charge on any atom is 0.101 e. The van der Waals surface area contributed by atoms with Gasteiger partial charge in [-0.25, -0.2) is 0 Å². The second-order valence-corrected chi connectivity index (χ2v) is 35.8. The Bertz CT molecular complexity index is 9860. The van der Waals surface area contributed by atoms with E-state index < -0.39 is 0 Å². The molecule has 21 aromatic carbocycles. The Morgan fingerprint density at radius 3 is 0.690 bits per heavy atom. The van der Waals surface area contributed by atoms with Gasteiger partial charge < -0.3 is 27.4 Å². The molecular weight excluding hydrogens is 1730 g/mol. The third-order valence-corrected chi connectivity index (χ3v) is 27.9. The molecule has 6 aromatic heterocycles. The van der Waals surface area contributed by atoms with E-state index in [-0.39, 0.29) is 0 Å². The lowest BCUT2D eigenvalue weighted by atomic mass is 9.95. The van der Waals surface area contributed by atoms with Crippen LogP contribution in [0.25, 0.3) is 232 Å². The van der Waals surface area contributed by atoms with Crippen molar-refractivity contribution >= 4 is 131 Å². The van der Waals surface area contributed by atoms with Gasteiger partial charge in [0.2, 0.25) is 0 Å². The lowest BCUT2D eigenvalue weighted by Gasteiger charge is -2.15. The molecule has 0 bridgehead atoms. The average Bonchev–Trinajstić information content (AvgIpc) is 1.55. The van der Waals surface area contributed by atoms with Crippen LogP contribution in [0.4, 0.5) is 0 Å². The smallest absolute Gasteiger partial charge is 0.101 e. The number of rotatable bonds is 12. The molecule has 0 radical (unpaired) electrons. The molecule has 0 N–H and O–H groups in total. The highest BCUT2D eigenvalue weighted by Gasteiger charge is 2.25. The molecule has 6 heterocycles. The molecule has 0 unspecified atom stereocenters. The van der Waals surface area contributed by atoms with Gasteiger partial charge in [0.05, 0.1) is 124 Å². The van der Waals surface area contributed by atoms with Crippen molar-refractivity contribution in [2.45, 2.75) is 0 Å². The largest absolute Gasteiger partial charge is 0.309 e. The molecule has 0 aliphatic carbocycles. The highest BCUT2D eigenvalue weighted by atomic mass is 15.0. The standard InChI is InChI=1S/2C44H26N4.C43H27N3/c45-27-29-17-22-44-40(23-29)39-13-5-8-16-43(39)48(44)35-25-32(24-33(26-35)36-10-2-1-9-31(36)28-46)30-18-20-34(21-19-30)47-41-14-6-3-11-37(41)38-12-4-7-15-42(38)47;45-27-29-18-20-44-39(22-29)38-14-6-7-15-41(38)47(44)35-25-32(30-10-2-1-3-11-30)24-33(26-35)31-19-21-40(34(23-31)28-46)48-42-16-8-4-12-36(42)37-13-5-9-17-43(37)48;44-28-33-24-30(22-23-39(33)46-42-20-10-6-16-37(42)38-17-7-11-21-43(38)46)32-25-31(29-12-2-1-3-13-29)26-34(27-32)45-40-18-8-4-14-35(40)36-15-5-9-19-41(36)45/h2*1-26H;1-27H. The third-order valence-electron chi connectivity index (χ3n) is 27.9. The predicted octanol–water partition coefficient (Wildman–Crippen LogP) is 33.0. The molecule has 0 saturated heterocycles. The van der Waals surface area contributed by atoms with Crippen LogP contribution in [0.1, 0.15) is 27.8 Å². The van der Waals surface area contributed by atoms with Crippen molar-refractivity contribution in [3.63, 3.8) is 0 Å². The highest BCUT2D eigenvalue weighted by molar-refractivity contribution is 6.15. The van der Waals surface area contributed by atoms with Gasteiger partial charge in [0.25, 0.3) is 0 Å². The lowest BCUT2D eigenvalue weighted by molar-refractivity contribution is 1.17. The Morgan fingerprint density at radius 2 is 0.373 bits per heavy atom. The minimum absolute atomic E-state index is 0.603. The summed E-state index contributed by atoms with van der Waals surface area (Å²) in [6.45, 7) is 0. The van der Waals surface area contributed by atoms with Gasteiger partial charge >= 0.3 is 0 Å². The zero-order valence-electron chi connectivity index (χ0n) is 76.5. The van der Waals surface area contributed by atoms with Gasteiger partial charge in [0.1, 0.15) is 12.1 Å². The monoisotopic (exact) mass is 1810 g/mol. The molecule has 27 rings (SSSR count). The molecule has 0 saturated carbocycles. The first kappa shape index (κ1) is 83.7. The molecule has 0 aliphatic heterocycles. The molecule has 27 aromatic rings. The van der Waals surface area contributed by atoms with Crippen LogP contribution in [0.2, 0.25) is 0 Å². The van der Waals surface area contributed by atoms with Crippen LogP contribution < -0.4 is 0 Å². The van der Waals surface area contributed by atoms with Crippen molar-refractivity contribution in [3.8, 4) is 131 Å². The normalized spacial score (nSPS) is 11.3. The van der Waals surface area contributed by atoms with Crippen LogP contribution in [0, 0.1) is 56.7 Å². The number of hydrogen-bond donors (Lipinski definition) is 0. The Labute approximate surface area is 817 Å². The average molecular weight is 1810 g/mol. The molecule has 0 spiro atoms. The summed E-state index contributed by atoms with van der Waals surface area (Å²) >= 11 is 0. The van der Waals surface area contributed by atoms with E-state index in [0.29, 0.717) is 27.8 Å². The van der Waals surface area contributed by atoms with Gasteiger partial charge in [-0.05, 0) is 261 Å². The number of para-hydroxylation sites is 10. The molecule has 11 nitrogen and oxygen atoms in total. The number of nitriles is 5. The van der Waals surface area contributed by atoms with Crippen LogP contribution >= 0.6 is 0 Å². The van der Waals surface area contributed by atoms with Crippen LogP contribution in [-0.4, -0.2) is 27.4 Å². The summed E-state index contributed by atoms with van der Waals surface area (Å²) in [6, 6.07) is 178. The first-order valence-corrected chi connectivity index (χ1v) is 47.3. The van der Waals surface area contributed by atoms with E-state index in [1.807, 2.05) is 115 Å². The lowest BCUT2D eigenvalue weighted by Crippen LogP contribution is -1.99. The molecule has 658 valence electrons.